The average molecular weight is 364 g/mol. The van der Waals surface area contributed by atoms with E-state index < -0.39 is 0 Å². The molecule has 128 valence electrons. The third-order valence-corrected chi connectivity index (χ3v) is 4.73. The van der Waals surface area contributed by atoms with Gasteiger partial charge in [0, 0.05) is 10.8 Å². The first-order valence-corrected chi connectivity index (χ1v) is 9.38. The smallest absolute Gasteiger partial charge is 0.230 e. The highest BCUT2D eigenvalue weighted by Gasteiger charge is 2.09. The van der Waals surface area contributed by atoms with Crippen molar-refractivity contribution >= 4 is 29.3 Å². The van der Waals surface area contributed by atoms with Gasteiger partial charge in [0.25, 0.3) is 0 Å². The van der Waals surface area contributed by atoms with Gasteiger partial charge in [-0.05, 0) is 37.6 Å². The van der Waals surface area contributed by atoms with Crippen molar-refractivity contribution in [2.45, 2.75) is 25.6 Å². The van der Waals surface area contributed by atoms with Crippen LogP contribution >= 0.6 is 23.4 Å². The quantitative estimate of drug-likeness (QED) is 0.752. The fourth-order valence-electron chi connectivity index (χ4n) is 2.08. The maximum absolute atomic E-state index is 12.0. The summed E-state index contributed by atoms with van der Waals surface area (Å²) in [7, 11) is 0. The summed E-state index contributed by atoms with van der Waals surface area (Å²) in [6.07, 6.45) is 0. The van der Waals surface area contributed by atoms with Gasteiger partial charge in [-0.2, -0.15) is 0 Å². The van der Waals surface area contributed by atoms with E-state index >= 15 is 0 Å². The molecule has 1 amide bonds. The number of hydrogen-bond acceptors (Lipinski definition) is 3. The van der Waals surface area contributed by atoms with Crippen LogP contribution in [-0.2, 0) is 10.5 Å². The molecule has 0 aliphatic rings. The summed E-state index contributed by atoms with van der Waals surface area (Å²) >= 11 is 7.65. The summed E-state index contributed by atoms with van der Waals surface area (Å²) in [5.41, 5.74) is 2.24. The first kappa shape index (κ1) is 18.7. The molecule has 0 aliphatic carbocycles. The third-order valence-electron chi connectivity index (χ3n) is 3.38. The van der Waals surface area contributed by atoms with Gasteiger partial charge in [-0.15, -0.1) is 11.8 Å². The maximum atomic E-state index is 12.0. The predicted octanol–water partition coefficient (Wildman–Crippen LogP) is 4.47. The van der Waals surface area contributed by atoms with E-state index in [0.717, 1.165) is 22.1 Å². The summed E-state index contributed by atoms with van der Waals surface area (Å²) in [6, 6.07) is 15.5. The van der Waals surface area contributed by atoms with E-state index in [9.17, 15) is 4.79 Å². The molecule has 3 nitrogen and oxygen atoms in total. The van der Waals surface area contributed by atoms with Crippen LogP contribution in [0.3, 0.4) is 0 Å². The van der Waals surface area contributed by atoms with Crippen LogP contribution in [0.25, 0.3) is 0 Å². The highest BCUT2D eigenvalue weighted by molar-refractivity contribution is 7.99. The highest BCUT2D eigenvalue weighted by Crippen LogP contribution is 2.20. The Hall–Kier alpha value is -1.65. The van der Waals surface area contributed by atoms with Gasteiger partial charge >= 0.3 is 0 Å². The lowest BCUT2D eigenvalue weighted by Gasteiger charge is -2.15. The zero-order chi connectivity index (χ0) is 17.4. The Balaban J connectivity index is 1.66. The number of benzene rings is 2. The first-order chi connectivity index (χ1) is 11.5. The van der Waals surface area contributed by atoms with Gasteiger partial charge in [-0.25, -0.2) is 0 Å². The second kappa shape index (κ2) is 9.60. The lowest BCUT2D eigenvalue weighted by molar-refractivity contribution is -0.119. The summed E-state index contributed by atoms with van der Waals surface area (Å²) in [5, 5.41) is 3.69. The van der Waals surface area contributed by atoms with Crippen LogP contribution in [0.5, 0.6) is 5.75 Å². The predicted molar refractivity (Wildman–Crippen MR) is 102 cm³/mol. The van der Waals surface area contributed by atoms with Gasteiger partial charge in [0.1, 0.15) is 12.4 Å². The van der Waals surface area contributed by atoms with E-state index in [1.165, 1.54) is 5.56 Å². The Bertz CT molecular complexity index is 661. The molecular weight excluding hydrogens is 342 g/mol. The Morgan fingerprint density at radius 3 is 2.62 bits per heavy atom. The van der Waals surface area contributed by atoms with Crippen molar-refractivity contribution in [3.8, 4) is 5.75 Å². The normalized spacial score (nSPS) is 11.8. The molecule has 2 aromatic carbocycles. The van der Waals surface area contributed by atoms with Gasteiger partial charge < -0.3 is 10.1 Å². The van der Waals surface area contributed by atoms with Crippen LogP contribution in [-0.4, -0.2) is 24.3 Å². The number of nitrogens with one attached hydrogen (secondary N) is 1. The number of amides is 1. The summed E-state index contributed by atoms with van der Waals surface area (Å²) < 4.78 is 5.67. The standard InChI is InChI=1S/C19H22ClNO2S/c1-14-7-9-17(10-8-14)23-11-15(2)21-19(22)13-24-12-16-5-3-4-6-18(16)20/h3-10,15H,11-13H2,1-2H3,(H,21,22)/t15-/m1/s1. The zero-order valence-corrected chi connectivity index (χ0v) is 15.5. The van der Waals surface area contributed by atoms with Gasteiger partial charge in [0.2, 0.25) is 5.91 Å². The van der Waals surface area contributed by atoms with Crippen molar-refractivity contribution in [1.29, 1.82) is 0 Å². The minimum atomic E-state index is -0.0419. The number of carbonyl (C=O) groups excluding carboxylic acids is 1. The number of carbonyl (C=O) groups is 1. The number of thioether (sulfide) groups is 1. The number of aryl methyl sites for hydroxylation is 1. The van der Waals surface area contributed by atoms with Crippen molar-refractivity contribution in [3.63, 3.8) is 0 Å². The summed E-state index contributed by atoms with van der Waals surface area (Å²) in [4.78, 5) is 12.0. The zero-order valence-electron chi connectivity index (χ0n) is 13.9. The molecule has 1 N–H and O–H groups in total. The minimum Gasteiger partial charge on any atom is -0.491 e. The van der Waals surface area contributed by atoms with Crippen LogP contribution < -0.4 is 10.1 Å². The summed E-state index contributed by atoms with van der Waals surface area (Å²) in [6.45, 7) is 4.42. The highest BCUT2D eigenvalue weighted by atomic mass is 35.5. The van der Waals surface area contributed by atoms with Crippen molar-refractivity contribution in [3.05, 3.63) is 64.7 Å². The van der Waals surface area contributed by atoms with Gasteiger partial charge in [-0.3, -0.25) is 4.79 Å². The third kappa shape index (κ3) is 6.46. The molecule has 0 fully saturated rings. The molecule has 0 aromatic heterocycles. The van der Waals surface area contributed by atoms with Crippen molar-refractivity contribution < 1.29 is 9.53 Å². The van der Waals surface area contributed by atoms with Crippen LogP contribution in [0.4, 0.5) is 0 Å². The number of hydrogen-bond donors (Lipinski definition) is 1. The van der Waals surface area contributed by atoms with E-state index in [2.05, 4.69) is 5.32 Å². The van der Waals surface area contributed by atoms with E-state index in [-0.39, 0.29) is 11.9 Å². The molecule has 2 aromatic rings. The van der Waals surface area contributed by atoms with Crippen LogP contribution in [0, 0.1) is 6.92 Å². The maximum Gasteiger partial charge on any atom is 0.230 e. The van der Waals surface area contributed by atoms with Crippen LogP contribution in [0.2, 0.25) is 5.02 Å². The number of halogens is 1. The fraction of sp³-hybridized carbons (Fsp3) is 0.316. The molecule has 0 saturated carbocycles. The van der Waals surface area contributed by atoms with E-state index in [0.29, 0.717) is 12.4 Å². The van der Waals surface area contributed by atoms with E-state index in [4.69, 9.17) is 16.3 Å². The largest absolute Gasteiger partial charge is 0.491 e. The van der Waals surface area contributed by atoms with Gasteiger partial charge in [0.15, 0.2) is 0 Å². The van der Waals surface area contributed by atoms with E-state index in [1.807, 2.05) is 62.4 Å². The molecule has 1 atom stereocenters. The second-order valence-electron chi connectivity index (χ2n) is 5.68. The van der Waals surface area contributed by atoms with Crippen molar-refractivity contribution in [2.75, 3.05) is 12.4 Å². The summed E-state index contributed by atoms with van der Waals surface area (Å²) in [5.74, 6) is 1.95. The second-order valence-corrected chi connectivity index (χ2v) is 7.07. The number of ether oxygens (including phenoxy) is 1. The van der Waals surface area contributed by atoms with Crippen molar-refractivity contribution in [1.82, 2.24) is 5.32 Å². The Morgan fingerprint density at radius 2 is 1.92 bits per heavy atom. The lowest BCUT2D eigenvalue weighted by atomic mass is 10.2. The van der Waals surface area contributed by atoms with Crippen LogP contribution in [0.15, 0.2) is 48.5 Å². The van der Waals surface area contributed by atoms with E-state index in [1.54, 1.807) is 11.8 Å². The Kier molecular flexibility index (Phi) is 7.47. The first-order valence-electron chi connectivity index (χ1n) is 7.84. The SMILES string of the molecule is Cc1ccc(OC[C@@H](C)NC(=O)CSCc2ccccc2Cl)cc1. The molecule has 0 spiro atoms. The van der Waals surface area contributed by atoms with Crippen molar-refractivity contribution in [2.24, 2.45) is 0 Å². The molecule has 0 aliphatic heterocycles. The molecule has 0 saturated heterocycles. The van der Waals surface area contributed by atoms with Gasteiger partial charge in [0.05, 0.1) is 11.8 Å². The Morgan fingerprint density at radius 1 is 1.21 bits per heavy atom. The topological polar surface area (TPSA) is 38.3 Å². The molecule has 2 rings (SSSR count). The molecule has 0 bridgehead atoms. The minimum absolute atomic E-state index is 0.00654. The number of rotatable bonds is 8. The average Bonchev–Trinajstić information content (AvgIpc) is 2.56. The molecular formula is C19H22ClNO2S. The lowest BCUT2D eigenvalue weighted by Crippen LogP contribution is -2.37. The van der Waals surface area contributed by atoms with Gasteiger partial charge in [-0.1, -0.05) is 47.5 Å². The molecule has 0 unspecified atom stereocenters. The monoisotopic (exact) mass is 363 g/mol. The molecule has 0 radical (unpaired) electrons. The van der Waals surface area contributed by atoms with Crippen LogP contribution in [0.1, 0.15) is 18.1 Å². The molecule has 24 heavy (non-hydrogen) atoms. The molecule has 0 heterocycles. The fourth-order valence-corrected chi connectivity index (χ4v) is 3.21. The Labute approximate surface area is 152 Å². The molecule has 5 heteroatoms.